The third-order valence-corrected chi connectivity index (χ3v) is 8.31. The summed E-state index contributed by atoms with van der Waals surface area (Å²) in [4.78, 5) is 19.1. The van der Waals surface area contributed by atoms with Gasteiger partial charge in [-0.3, -0.25) is 4.79 Å². The van der Waals surface area contributed by atoms with E-state index < -0.39 is 9.84 Å². The van der Waals surface area contributed by atoms with Gasteiger partial charge >= 0.3 is 0 Å². The van der Waals surface area contributed by atoms with Crippen molar-refractivity contribution in [1.29, 1.82) is 0 Å². The highest BCUT2D eigenvalue weighted by Crippen LogP contribution is 2.43. The van der Waals surface area contributed by atoms with Gasteiger partial charge in [0.1, 0.15) is 0 Å². The molecule has 4 rings (SSSR count). The normalized spacial score (nSPS) is 24.7. The molecule has 0 bridgehead atoms. The highest BCUT2D eigenvalue weighted by atomic mass is 32.2. The first-order valence-corrected chi connectivity index (χ1v) is 12.0. The molecular formula is C21H22N2O3S2. The van der Waals surface area contributed by atoms with Crippen LogP contribution in [0, 0.1) is 0 Å². The van der Waals surface area contributed by atoms with E-state index in [1.54, 1.807) is 12.1 Å². The summed E-state index contributed by atoms with van der Waals surface area (Å²) in [5.74, 6) is 0.180. The fraction of sp³-hybridized carbons (Fsp3) is 0.333. The van der Waals surface area contributed by atoms with Crippen molar-refractivity contribution in [1.82, 2.24) is 0 Å². The zero-order chi connectivity index (χ0) is 19.9. The third-order valence-electron chi connectivity index (χ3n) is 5.10. The molecule has 2 saturated heterocycles. The number of para-hydroxylation sites is 1. The Balaban J connectivity index is 1.78. The molecule has 2 aliphatic rings. The van der Waals surface area contributed by atoms with Gasteiger partial charge in [0.05, 0.1) is 17.5 Å². The number of carbonyl (C=O) groups is 1. The van der Waals surface area contributed by atoms with E-state index >= 15 is 0 Å². The number of aliphatic imine (C=N–C) groups is 1. The van der Waals surface area contributed by atoms with E-state index in [0.29, 0.717) is 10.7 Å². The highest BCUT2D eigenvalue weighted by molar-refractivity contribution is 8.16. The first-order valence-electron chi connectivity index (χ1n) is 9.29. The van der Waals surface area contributed by atoms with Crippen LogP contribution in [0.4, 0.5) is 5.69 Å². The molecule has 28 heavy (non-hydrogen) atoms. The van der Waals surface area contributed by atoms with Gasteiger partial charge in [-0.1, -0.05) is 62.0 Å². The van der Waals surface area contributed by atoms with Crippen LogP contribution in [0.5, 0.6) is 0 Å². The number of benzene rings is 2. The quantitative estimate of drug-likeness (QED) is 0.766. The molecule has 0 N–H and O–H groups in total. The summed E-state index contributed by atoms with van der Waals surface area (Å²) in [6.45, 7) is 4.22. The van der Waals surface area contributed by atoms with Crippen molar-refractivity contribution < 1.29 is 13.2 Å². The summed E-state index contributed by atoms with van der Waals surface area (Å²) in [5, 5.41) is 0.486. The molecular weight excluding hydrogens is 392 g/mol. The molecule has 2 fully saturated rings. The average Bonchev–Trinajstić information content (AvgIpc) is 3.13. The van der Waals surface area contributed by atoms with Crippen LogP contribution in [0.15, 0.2) is 59.6 Å². The summed E-state index contributed by atoms with van der Waals surface area (Å²) in [5.41, 5.74) is 2.58. The fourth-order valence-electron chi connectivity index (χ4n) is 3.77. The molecule has 0 unspecified atom stereocenters. The second-order valence-corrected chi connectivity index (χ2v) is 10.8. The van der Waals surface area contributed by atoms with Crippen molar-refractivity contribution in [2.75, 3.05) is 16.4 Å². The minimum atomic E-state index is -3.09. The second kappa shape index (κ2) is 7.37. The number of fused-ring (bicyclic) bond motifs is 1. The number of thioether (sulfide) groups is 1. The van der Waals surface area contributed by atoms with E-state index in [1.165, 1.54) is 11.8 Å². The number of carbonyl (C=O) groups excluding carboxylic acids is 1. The molecule has 0 aliphatic carbocycles. The van der Waals surface area contributed by atoms with Gasteiger partial charge in [-0.2, -0.15) is 4.99 Å². The Hall–Kier alpha value is -2.12. The van der Waals surface area contributed by atoms with Crippen LogP contribution in [0.1, 0.15) is 35.7 Å². The SMILES string of the molecule is CC(C)c1ccccc1N1C(=NC(=O)c2ccccc2)S[C@H]2CS(=O)(=O)C[C@H]21. The van der Waals surface area contributed by atoms with Crippen molar-refractivity contribution in [3.8, 4) is 0 Å². The molecule has 0 radical (unpaired) electrons. The number of rotatable bonds is 3. The van der Waals surface area contributed by atoms with Crippen molar-refractivity contribution in [2.45, 2.75) is 31.1 Å². The van der Waals surface area contributed by atoms with Crippen molar-refractivity contribution >= 4 is 38.4 Å². The monoisotopic (exact) mass is 414 g/mol. The average molecular weight is 415 g/mol. The van der Waals surface area contributed by atoms with Crippen LogP contribution in [-0.4, -0.2) is 42.3 Å². The molecule has 146 valence electrons. The van der Waals surface area contributed by atoms with E-state index in [0.717, 1.165) is 11.3 Å². The summed E-state index contributed by atoms with van der Waals surface area (Å²) >= 11 is 1.41. The van der Waals surface area contributed by atoms with E-state index in [-0.39, 0.29) is 34.6 Å². The molecule has 0 spiro atoms. The molecule has 2 aromatic rings. The molecule has 2 heterocycles. The fourth-order valence-corrected chi connectivity index (χ4v) is 7.68. The summed E-state index contributed by atoms with van der Waals surface area (Å²) in [6.07, 6.45) is 0. The van der Waals surface area contributed by atoms with E-state index in [1.807, 2.05) is 41.3 Å². The first-order chi connectivity index (χ1) is 13.4. The molecule has 7 heteroatoms. The van der Waals surface area contributed by atoms with Crippen molar-refractivity contribution in [3.05, 3.63) is 65.7 Å². The van der Waals surface area contributed by atoms with Gasteiger partial charge in [0.2, 0.25) is 0 Å². The lowest BCUT2D eigenvalue weighted by Crippen LogP contribution is -2.38. The van der Waals surface area contributed by atoms with E-state index in [4.69, 9.17) is 0 Å². The Morgan fingerprint density at radius 3 is 2.46 bits per heavy atom. The molecule has 2 aliphatic heterocycles. The Kier molecular flexibility index (Phi) is 5.05. The lowest BCUT2D eigenvalue weighted by molar-refractivity contribution is 0.100. The van der Waals surface area contributed by atoms with Crippen molar-refractivity contribution in [2.24, 2.45) is 4.99 Å². The highest BCUT2D eigenvalue weighted by Gasteiger charge is 2.49. The standard InChI is InChI=1S/C21H22N2O3S2/c1-14(2)16-10-6-7-11-17(16)23-18-12-28(25,26)13-19(18)27-21(23)22-20(24)15-8-4-3-5-9-15/h3-11,14,18-19H,12-13H2,1-2H3/t18-,19+/m1/s1. The summed E-state index contributed by atoms with van der Waals surface area (Å²) in [6, 6.07) is 16.7. The zero-order valence-electron chi connectivity index (χ0n) is 15.8. The molecule has 0 aromatic heterocycles. The summed E-state index contributed by atoms with van der Waals surface area (Å²) < 4.78 is 24.5. The summed E-state index contributed by atoms with van der Waals surface area (Å²) in [7, 11) is -3.09. The number of amides is 1. The Morgan fingerprint density at radius 2 is 1.75 bits per heavy atom. The number of hydrogen-bond donors (Lipinski definition) is 0. The Labute approximate surface area is 169 Å². The second-order valence-electron chi connectivity index (χ2n) is 7.45. The van der Waals surface area contributed by atoms with Gasteiger partial charge in [-0.15, -0.1) is 0 Å². The molecule has 5 nitrogen and oxygen atoms in total. The molecule has 0 saturated carbocycles. The minimum Gasteiger partial charge on any atom is -0.315 e. The molecule has 2 aromatic carbocycles. The smallest absolute Gasteiger partial charge is 0.279 e. The Bertz CT molecular complexity index is 1030. The number of sulfone groups is 1. The van der Waals surface area contributed by atoms with Gasteiger partial charge in [-0.05, 0) is 29.7 Å². The van der Waals surface area contributed by atoms with Crippen LogP contribution in [0.2, 0.25) is 0 Å². The van der Waals surface area contributed by atoms with Crippen LogP contribution in [0.3, 0.4) is 0 Å². The number of hydrogen-bond acceptors (Lipinski definition) is 4. The van der Waals surface area contributed by atoms with Gasteiger partial charge in [-0.25, -0.2) is 8.42 Å². The van der Waals surface area contributed by atoms with Gasteiger partial charge in [0.15, 0.2) is 15.0 Å². The Morgan fingerprint density at radius 1 is 1.07 bits per heavy atom. The maximum absolute atomic E-state index is 12.7. The zero-order valence-corrected chi connectivity index (χ0v) is 17.4. The van der Waals surface area contributed by atoms with Crippen LogP contribution < -0.4 is 4.90 Å². The largest absolute Gasteiger partial charge is 0.315 e. The topological polar surface area (TPSA) is 66.8 Å². The van der Waals surface area contributed by atoms with Crippen LogP contribution in [0.25, 0.3) is 0 Å². The molecule has 1 amide bonds. The molecule has 2 atom stereocenters. The minimum absolute atomic E-state index is 0.0929. The predicted octanol–water partition coefficient (Wildman–Crippen LogP) is 3.73. The van der Waals surface area contributed by atoms with Gasteiger partial charge in [0.25, 0.3) is 5.91 Å². The lowest BCUT2D eigenvalue weighted by atomic mass is 9.99. The van der Waals surface area contributed by atoms with Crippen LogP contribution in [-0.2, 0) is 9.84 Å². The van der Waals surface area contributed by atoms with Crippen LogP contribution >= 0.6 is 11.8 Å². The third kappa shape index (κ3) is 3.61. The van der Waals surface area contributed by atoms with Gasteiger partial charge in [0, 0.05) is 16.5 Å². The maximum Gasteiger partial charge on any atom is 0.279 e. The number of nitrogens with zero attached hydrogens (tertiary/aromatic N) is 2. The maximum atomic E-state index is 12.7. The predicted molar refractivity (Wildman–Crippen MR) is 115 cm³/mol. The van der Waals surface area contributed by atoms with Crippen molar-refractivity contribution in [3.63, 3.8) is 0 Å². The van der Waals surface area contributed by atoms with E-state index in [2.05, 4.69) is 24.9 Å². The number of amidine groups is 1. The number of anilines is 1. The van der Waals surface area contributed by atoms with E-state index in [9.17, 15) is 13.2 Å². The van der Waals surface area contributed by atoms with Gasteiger partial charge < -0.3 is 4.90 Å². The first kappa shape index (κ1) is 19.2. The lowest BCUT2D eigenvalue weighted by Gasteiger charge is -2.28.